The van der Waals surface area contributed by atoms with Gasteiger partial charge in [0.05, 0.1) is 44.1 Å². The van der Waals surface area contributed by atoms with Crippen molar-refractivity contribution in [2.45, 2.75) is 70.4 Å². The molecule has 1 aliphatic heterocycles. The van der Waals surface area contributed by atoms with Crippen LogP contribution >= 0.6 is 0 Å². The van der Waals surface area contributed by atoms with Gasteiger partial charge < -0.3 is 29.2 Å². The monoisotopic (exact) mass is 448 g/mol. The third-order valence-corrected chi connectivity index (χ3v) is 5.43. The molecule has 0 spiro atoms. The molecule has 0 amide bonds. The van der Waals surface area contributed by atoms with Gasteiger partial charge in [-0.05, 0) is 38.8 Å². The van der Waals surface area contributed by atoms with Crippen LogP contribution in [0.3, 0.4) is 0 Å². The summed E-state index contributed by atoms with van der Waals surface area (Å²) < 4.78 is 23.3. The molecule has 0 fully saturated rings. The van der Waals surface area contributed by atoms with Gasteiger partial charge in [0.25, 0.3) is 0 Å². The molecule has 2 rings (SSSR count). The van der Waals surface area contributed by atoms with Crippen LogP contribution in [0.5, 0.6) is 0 Å². The summed E-state index contributed by atoms with van der Waals surface area (Å²) in [7, 11) is 0. The summed E-state index contributed by atoms with van der Waals surface area (Å²) in [6, 6.07) is 9.90. The number of benzene rings is 1. The largest absolute Gasteiger partial charge is 0.466 e. The Kier molecular flexibility index (Phi) is 10.5. The second-order valence-electron chi connectivity index (χ2n) is 8.26. The Morgan fingerprint density at radius 1 is 1.31 bits per heavy atom. The first-order chi connectivity index (χ1) is 15.3. The Morgan fingerprint density at radius 3 is 2.62 bits per heavy atom. The predicted octanol–water partition coefficient (Wildman–Crippen LogP) is 3.15. The van der Waals surface area contributed by atoms with Crippen molar-refractivity contribution in [2.75, 3.05) is 13.2 Å². The second-order valence-corrected chi connectivity index (χ2v) is 8.26. The van der Waals surface area contributed by atoms with Gasteiger partial charge in [0.2, 0.25) is 0 Å². The molecule has 1 aliphatic rings. The van der Waals surface area contributed by atoms with Gasteiger partial charge in [0, 0.05) is 5.92 Å². The minimum absolute atomic E-state index is 0.0284. The maximum Gasteiger partial charge on any atom is 0.308 e. The predicted molar refractivity (Wildman–Crippen MR) is 121 cm³/mol. The summed E-state index contributed by atoms with van der Waals surface area (Å²) in [4.78, 5) is 12.2. The van der Waals surface area contributed by atoms with Crippen molar-refractivity contribution in [2.24, 2.45) is 5.92 Å². The Hall–Kier alpha value is -2.03. The second kappa shape index (κ2) is 12.9. The number of hydrogen-bond acceptors (Lipinski definition) is 7. The number of aliphatic hydroxyl groups is 2. The lowest BCUT2D eigenvalue weighted by Crippen LogP contribution is -2.44. The molecule has 6 atom stereocenters. The molecule has 0 saturated carbocycles. The van der Waals surface area contributed by atoms with E-state index in [1.54, 1.807) is 26.0 Å². The fraction of sp³-hybridized carbons (Fsp3) is 0.560. The first-order valence-corrected chi connectivity index (χ1v) is 11.0. The van der Waals surface area contributed by atoms with E-state index in [1.807, 2.05) is 43.3 Å². The van der Waals surface area contributed by atoms with E-state index in [9.17, 15) is 15.0 Å². The molecule has 178 valence electrons. The molecule has 32 heavy (non-hydrogen) atoms. The van der Waals surface area contributed by atoms with Crippen LogP contribution in [-0.4, -0.2) is 59.6 Å². The summed E-state index contributed by atoms with van der Waals surface area (Å²) in [5, 5.41) is 19.4. The van der Waals surface area contributed by atoms with Crippen LogP contribution in [0.2, 0.25) is 0 Å². The summed E-state index contributed by atoms with van der Waals surface area (Å²) in [5.74, 6) is -0.875. The van der Waals surface area contributed by atoms with Crippen LogP contribution in [0.4, 0.5) is 0 Å². The zero-order valence-corrected chi connectivity index (χ0v) is 19.2. The standard InChI is InChI=1S/C25H36O7/c1-5-20(21(27)16-26)14-25(4,15-23(28)29-6-2)32-24-13-12-22(18(3)31-24)30-17-19-10-8-7-9-11-19/h5,7-13,18,20-22,24,26-27H,1,6,14-17H2,2-4H3/t18-,20-,21+,22-,24-,25+/m0/s1. The van der Waals surface area contributed by atoms with E-state index in [1.165, 1.54) is 0 Å². The van der Waals surface area contributed by atoms with E-state index in [0.717, 1.165) is 5.56 Å². The number of carbonyl (C=O) groups excluding carboxylic acids is 1. The molecule has 7 heteroatoms. The molecule has 0 aromatic heterocycles. The molecule has 0 bridgehead atoms. The smallest absolute Gasteiger partial charge is 0.308 e. The van der Waals surface area contributed by atoms with Gasteiger partial charge in [0.1, 0.15) is 6.10 Å². The van der Waals surface area contributed by atoms with E-state index in [0.29, 0.717) is 6.61 Å². The first kappa shape index (κ1) is 26.2. The van der Waals surface area contributed by atoms with Gasteiger partial charge in [-0.2, -0.15) is 0 Å². The van der Waals surface area contributed by atoms with Crippen LogP contribution in [0.25, 0.3) is 0 Å². The lowest BCUT2D eigenvalue weighted by molar-refractivity contribution is -0.227. The van der Waals surface area contributed by atoms with Crippen LogP contribution in [0, 0.1) is 5.92 Å². The van der Waals surface area contributed by atoms with E-state index in [4.69, 9.17) is 18.9 Å². The maximum absolute atomic E-state index is 12.2. The maximum atomic E-state index is 12.2. The van der Waals surface area contributed by atoms with Crippen molar-refractivity contribution >= 4 is 5.97 Å². The number of rotatable bonds is 13. The van der Waals surface area contributed by atoms with Gasteiger partial charge in [-0.15, -0.1) is 6.58 Å². The molecule has 1 aromatic carbocycles. The van der Waals surface area contributed by atoms with E-state index >= 15 is 0 Å². The molecule has 0 radical (unpaired) electrons. The zero-order chi connectivity index (χ0) is 23.6. The highest BCUT2D eigenvalue weighted by Crippen LogP contribution is 2.31. The van der Waals surface area contributed by atoms with Crippen LogP contribution in [0.1, 0.15) is 39.2 Å². The Bertz CT molecular complexity index is 735. The van der Waals surface area contributed by atoms with Gasteiger partial charge in [0.15, 0.2) is 6.29 Å². The highest BCUT2D eigenvalue weighted by atomic mass is 16.7. The molecule has 1 heterocycles. The van der Waals surface area contributed by atoms with Gasteiger partial charge in [-0.25, -0.2) is 0 Å². The van der Waals surface area contributed by atoms with Gasteiger partial charge >= 0.3 is 5.97 Å². The average Bonchev–Trinajstić information content (AvgIpc) is 2.77. The Morgan fingerprint density at radius 2 is 2.03 bits per heavy atom. The number of ether oxygens (including phenoxy) is 4. The van der Waals surface area contributed by atoms with E-state index < -0.39 is 36.5 Å². The van der Waals surface area contributed by atoms with Crippen molar-refractivity contribution in [3.63, 3.8) is 0 Å². The molecular weight excluding hydrogens is 412 g/mol. The fourth-order valence-electron chi connectivity index (χ4n) is 3.69. The Balaban J connectivity index is 2.05. The molecule has 2 N–H and O–H groups in total. The number of carbonyl (C=O) groups is 1. The summed E-state index contributed by atoms with van der Waals surface area (Å²) in [6.45, 7) is 9.46. The molecule has 1 aromatic rings. The van der Waals surface area contributed by atoms with Gasteiger partial charge in [-0.3, -0.25) is 4.79 Å². The number of aliphatic hydroxyl groups excluding tert-OH is 2. The van der Waals surface area contributed by atoms with Crippen LogP contribution in [0.15, 0.2) is 55.1 Å². The Labute approximate surface area is 190 Å². The van der Waals surface area contributed by atoms with Crippen molar-refractivity contribution < 1.29 is 34.0 Å². The molecule has 0 unspecified atom stereocenters. The third kappa shape index (κ3) is 8.15. The van der Waals surface area contributed by atoms with Crippen LogP contribution < -0.4 is 0 Å². The van der Waals surface area contributed by atoms with Crippen molar-refractivity contribution in [3.05, 3.63) is 60.7 Å². The average molecular weight is 449 g/mol. The molecule has 7 nitrogen and oxygen atoms in total. The molecule has 0 saturated heterocycles. The number of esters is 1. The summed E-state index contributed by atoms with van der Waals surface area (Å²) >= 11 is 0. The van der Waals surface area contributed by atoms with Crippen molar-refractivity contribution in [1.29, 1.82) is 0 Å². The quantitative estimate of drug-likeness (QED) is 0.354. The topological polar surface area (TPSA) is 94.5 Å². The SMILES string of the molecule is C=C[C@@H](C[C@](C)(CC(=O)OCC)O[C@H]1C=C[C@H](OCc2ccccc2)[C@H](C)O1)[C@H](O)CO. The number of hydrogen-bond donors (Lipinski definition) is 2. The minimum atomic E-state index is -1.01. The van der Waals surface area contributed by atoms with E-state index in [2.05, 4.69) is 6.58 Å². The van der Waals surface area contributed by atoms with Crippen LogP contribution in [-0.2, 0) is 30.3 Å². The van der Waals surface area contributed by atoms with Crippen molar-refractivity contribution in [1.82, 2.24) is 0 Å². The van der Waals surface area contributed by atoms with E-state index in [-0.39, 0.29) is 31.7 Å². The lowest BCUT2D eigenvalue weighted by Gasteiger charge is -2.38. The van der Waals surface area contributed by atoms with Crippen molar-refractivity contribution in [3.8, 4) is 0 Å². The first-order valence-electron chi connectivity index (χ1n) is 11.0. The molecular formula is C25H36O7. The lowest BCUT2D eigenvalue weighted by atomic mass is 9.86. The summed E-state index contributed by atoms with van der Waals surface area (Å²) in [6.07, 6.45) is 3.26. The third-order valence-electron chi connectivity index (χ3n) is 5.43. The highest BCUT2D eigenvalue weighted by molar-refractivity contribution is 5.70. The summed E-state index contributed by atoms with van der Waals surface area (Å²) in [5.41, 5.74) is 0.0691. The molecule has 0 aliphatic carbocycles. The normalized spacial score (nSPS) is 24.3. The van der Waals surface area contributed by atoms with Gasteiger partial charge in [-0.1, -0.05) is 42.5 Å². The highest BCUT2D eigenvalue weighted by Gasteiger charge is 2.37. The fourth-order valence-corrected chi connectivity index (χ4v) is 3.69. The zero-order valence-electron chi connectivity index (χ0n) is 19.2. The minimum Gasteiger partial charge on any atom is -0.466 e.